The number of nitrogens with two attached hydrogens (primary N) is 1. The first kappa shape index (κ1) is 32.8. The second kappa shape index (κ2) is 11.6. The predicted molar refractivity (Wildman–Crippen MR) is 158 cm³/mol. The van der Waals surface area contributed by atoms with Gasteiger partial charge in [-0.25, -0.2) is 4.79 Å². The van der Waals surface area contributed by atoms with E-state index in [1.807, 2.05) is 13.0 Å². The molecule has 0 saturated heterocycles. The van der Waals surface area contributed by atoms with Gasteiger partial charge in [0.15, 0.2) is 11.6 Å². The average molecular weight is 540 g/mol. The minimum absolute atomic E-state index is 0.0243. The van der Waals surface area contributed by atoms with Crippen LogP contribution >= 0.6 is 0 Å². The topological polar surface area (TPSA) is 113 Å². The number of rotatable bonds is 11. The van der Waals surface area contributed by atoms with Gasteiger partial charge in [-0.2, -0.15) is 5.26 Å². The van der Waals surface area contributed by atoms with E-state index in [4.69, 9.17) is 5.73 Å². The summed E-state index contributed by atoms with van der Waals surface area (Å²) in [5, 5.41) is 12.8. The highest BCUT2D eigenvalue weighted by atomic mass is 16.2. The summed E-state index contributed by atoms with van der Waals surface area (Å²) in [6.07, 6.45) is 10.9. The van der Waals surface area contributed by atoms with E-state index in [0.29, 0.717) is 0 Å². The van der Waals surface area contributed by atoms with Crippen molar-refractivity contribution in [2.24, 2.45) is 39.2 Å². The highest BCUT2D eigenvalue weighted by Crippen LogP contribution is 2.65. The molecular weight excluding hydrogens is 486 g/mol. The summed E-state index contributed by atoms with van der Waals surface area (Å²) in [4.78, 5) is 37.6. The first-order valence-corrected chi connectivity index (χ1v) is 14.8. The van der Waals surface area contributed by atoms with E-state index in [2.05, 4.69) is 66.8 Å². The van der Waals surface area contributed by atoms with Gasteiger partial charge in [0.25, 0.3) is 0 Å². The molecule has 0 unspecified atom stereocenters. The number of fused-ring (bicyclic) bond motifs is 1. The minimum atomic E-state index is -0.562. The quantitative estimate of drug-likeness (QED) is 0.266. The lowest BCUT2D eigenvalue weighted by molar-refractivity contribution is -0.123. The molecule has 3 N–H and O–H groups in total. The molecule has 39 heavy (non-hydrogen) atoms. The first-order chi connectivity index (χ1) is 17.8. The van der Waals surface area contributed by atoms with Crippen LogP contribution in [0.15, 0.2) is 23.3 Å². The molecule has 0 aromatic carbocycles. The summed E-state index contributed by atoms with van der Waals surface area (Å²) in [6.45, 7) is 21.2. The molecule has 0 heterocycles. The van der Waals surface area contributed by atoms with Crippen LogP contribution < -0.4 is 11.1 Å². The molecule has 2 aliphatic rings. The zero-order chi connectivity index (χ0) is 30.0. The van der Waals surface area contributed by atoms with Crippen LogP contribution in [-0.4, -0.2) is 23.1 Å². The monoisotopic (exact) mass is 539 g/mol. The smallest absolute Gasteiger partial charge is 0.312 e. The van der Waals surface area contributed by atoms with Gasteiger partial charge in [0.05, 0.1) is 5.57 Å². The van der Waals surface area contributed by atoms with Gasteiger partial charge in [-0.05, 0) is 87.0 Å². The number of ketones is 2. The molecule has 2 amide bonds. The van der Waals surface area contributed by atoms with Crippen molar-refractivity contribution in [2.45, 2.75) is 126 Å². The number of carbonyl (C=O) groups is 3. The van der Waals surface area contributed by atoms with Crippen LogP contribution in [0.2, 0.25) is 0 Å². The largest absolute Gasteiger partial charge is 0.352 e. The molecule has 0 radical (unpaired) electrons. The van der Waals surface area contributed by atoms with Gasteiger partial charge in [-0.3, -0.25) is 9.59 Å². The number of allylic oxidation sites excluding steroid dienone is 4. The van der Waals surface area contributed by atoms with E-state index in [1.165, 1.54) is 0 Å². The van der Waals surface area contributed by atoms with E-state index in [1.54, 1.807) is 13.0 Å². The lowest BCUT2D eigenvalue weighted by Crippen LogP contribution is -2.54. The van der Waals surface area contributed by atoms with Crippen LogP contribution in [-0.2, 0) is 9.59 Å². The van der Waals surface area contributed by atoms with E-state index in [0.717, 1.165) is 56.9 Å². The Kier molecular flexibility index (Phi) is 9.75. The van der Waals surface area contributed by atoms with Gasteiger partial charge in [-0.1, -0.05) is 73.5 Å². The van der Waals surface area contributed by atoms with E-state index < -0.39 is 17.0 Å². The zero-order valence-corrected chi connectivity index (χ0v) is 26.2. The number of amides is 2. The molecule has 1 fully saturated rings. The normalized spacial score (nSPS) is 30.1. The van der Waals surface area contributed by atoms with Gasteiger partial charge in [0.1, 0.15) is 6.07 Å². The maximum atomic E-state index is 12.9. The van der Waals surface area contributed by atoms with Crippen LogP contribution in [0.3, 0.4) is 0 Å². The van der Waals surface area contributed by atoms with Crippen molar-refractivity contribution < 1.29 is 14.4 Å². The Hall–Kier alpha value is -2.42. The molecule has 218 valence electrons. The van der Waals surface area contributed by atoms with Crippen molar-refractivity contribution in [3.63, 3.8) is 0 Å². The van der Waals surface area contributed by atoms with Crippen molar-refractivity contribution >= 4 is 17.6 Å². The molecule has 0 bridgehead atoms. The molecular formula is C33H53N3O3. The molecule has 0 aromatic heterocycles. The Balaban J connectivity index is 2.48. The predicted octanol–water partition coefficient (Wildman–Crippen LogP) is 7.43. The summed E-state index contributed by atoms with van der Waals surface area (Å²) in [5.41, 5.74) is 5.44. The molecule has 2 aliphatic carbocycles. The van der Waals surface area contributed by atoms with Crippen LogP contribution in [0, 0.1) is 44.8 Å². The second-order valence-electron chi connectivity index (χ2n) is 14.6. The van der Waals surface area contributed by atoms with E-state index in [-0.39, 0.29) is 45.2 Å². The van der Waals surface area contributed by atoms with Crippen LogP contribution in [0.1, 0.15) is 121 Å². The Bertz CT molecular complexity index is 1080. The van der Waals surface area contributed by atoms with Gasteiger partial charge >= 0.3 is 6.03 Å². The molecule has 2 rings (SSSR count). The number of Topliss-reactive ketones (excluding diaryl/α,β-unsaturated/α-hetero) is 1. The lowest BCUT2D eigenvalue weighted by Gasteiger charge is -2.59. The molecule has 0 spiro atoms. The summed E-state index contributed by atoms with van der Waals surface area (Å²) >= 11 is 0. The highest BCUT2D eigenvalue weighted by molar-refractivity contribution is 6.02. The fourth-order valence-electron chi connectivity index (χ4n) is 7.56. The van der Waals surface area contributed by atoms with Gasteiger partial charge in [0, 0.05) is 16.9 Å². The van der Waals surface area contributed by atoms with Crippen molar-refractivity contribution in [3.8, 4) is 6.07 Å². The van der Waals surface area contributed by atoms with Gasteiger partial charge < -0.3 is 11.1 Å². The minimum Gasteiger partial charge on any atom is -0.352 e. The lowest BCUT2D eigenvalue weighted by atomic mass is 9.44. The fraction of sp³-hybridized carbons (Fsp3) is 0.758. The summed E-state index contributed by atoms with van der Waals surface area (Å²) in [5.74, 6) is -0.348. The maximum absolute atomic E-state index is 12.9. The summed E-state index contributed by atoms with van der Waals surface area (Å²) in [7, 11) is 0. The van der Waals surface area contributed by atoms with Crippen LogP contribution in [0.25, 0.3) is 0 Å². The highest BCUT2D eigenvalue weighted by Gasteiger charge is 2.58. The summed E-state index contributed by atoms with van der Waals surface area (Å²) < 4.78 is 0. The van der Waals surface area contributed by atoms with Crippen molar-refractivity contribution in [2.75, 3.05) is 0 Å². The first-order valence-electron chi connectivity index (χ1n) is 14.8. The third-order valence-electron chi connectivity index (χ3n) is 10.6. The Morgan fingerprint density at radius 1 is 1.13 bits per heavy atom. The third kappa shape index (κ3) is 6.84. The molecule has 6 nitrogen and oxygen atoms in total. The maximum Gasteiger partial charge on any atom is 0.312 e. The zero-order valence-electron chi connectivity index (χ0n) is 26.2. The molecule has 5 atom stereocenters. The molecule has 1 saturated carbocycles. The van der Waals surface area contributed by atoms with E-state index >= 15 is 0 Å². The number of hydrogen-bond donors (Lipinski definition) is 2. The van der Waals surface area contributed by atoms with Gasteiger partial charge in [0.2, 0.25) is 0 Å². The average Bonchev–Trinajstić information content (AvgIpc) is 2.81. The Morgan fingerprint density at radius 2 is 1.72 bits per heavy atom. The number of primary amides is 1. The number of carbonyl (C=O) groups excluding carboxylic acids is 3. The van der Waals surface area contributed by atoms with Crippen LogP contribution in [0.5, 0.6) is 0 Å². The van der Waals surface area contributed by atoms with Gasteiger partial charge in [-0.15, -0.1) is 0 Å². The standard InChI is InChI=1S/C33H53N3O3/c1-11-13-29(4,5)15-17-31(8,36-28(35)39)18-16-30(6,7)33(10)14-12-25-23(3)27(38)24(21-34)20-32(25,9)26(33)19-22(2)37/h19-20,23,25H,11-18H2,1-10H3,(H3,35,36,39)/b26-19-/t23-,25-,31-,32-,33+/m0/s1. The van der Waals surface area contributed by atoms with E-state index in [9.17, 15) is 19.6 Å². The number of hydrogen-bond acceptors (Lipinski definition) is 4. The molecule has 0 aromatic rings. The Labute approximate surface area is 237 Å². The molecule has 6 heteroatoms. The van der Waals surface area contributed by atoms with Crippen molar-refractivity contribution in [3.05, 3.63) is 23.3 Å². The second-order valence-corrected chi connectivity index (χ2v) is 14.6. The number of urea groups is 1. The van der Waals surface area contributed by atoms with Crippen molar-refractivity contribution in [1.82, 2.24) is 5.32 Å². The fourth-order valence-corrected chi connectivity index (χ4v) is 7.56. The molecule has 0 aliphatic heterocycles. The SMILES string of the molecule is CCCC(C)(C)CC[C@@](C)(CCC(C)(C)[C@]1(C)CC[C@H]2[C@H](C)C(=O)C(C#N)=C[C@]2(C)/C1=C/C(C)=O)NC(N)=O. The Morgan fingerprint density at radius 3 is 2.23 bits per heavy atom. The number of nitriles is 1. The third-order valence-corrected chi connectivity index (χ3v) is 10.6. The van der Waals surface area contributed by atoms with Crippen LogP contribution in [0.4, 0.5) is 4.79 Å². The van der Waals surface area contributed by atoms with Crippen molar-refractivity contribution in [1.29, 1.82) is 5.26 Å². The number of nitrogens with zero attached hydrogens (tertiary/aromatic N) is 1. The summed E-state index contributed by atoms with van der Waals surface area (Å²) in [6, 6.07) is 1.62. The number of nitrogens with one attached hydrogen (secondary N) is 1.